The number of carboxylic acid groups (broad SMARTS) is 1. The van der Waals surface area contributed by atoms with Gasteiger partial charge in [-0.25, -0.2) is 0 Å². The lowest BCUT2D eigenvalue weighted by Gasteiger charge is -2.37. The Bertz CT molecular complexity index is 594. The second-order valence-electron chi connectivity index (χ2n) is 6.68. The van der Waals surface area contributed by atoms with Gasteiger partial charge in [-0.15, -0.1) is 0 Å². The number of likely N-dealkylation sites (tertiary alicyclic amines) is 1. The van der Waals surface area contributed by atoms with E-state index in [1.165, 1.54) is 0 Å². The molecule has 1 aliphatic heterocycles. The van der Waals surface area contributed by atoms with E-state index in [-0.39, 0.29) is 11.8 Å². The molecule has 4 nitrogen and oxygen atoms in total. The fraction of sp³-hybridized carbons (Fsp3) is 0.529. The average molecular weight is 322 g/mol. The standard InChI is InChI=1S/C17H20ClNO3/c1-11-8-12(15(20)21)10-19(9-11)16(22)17(6-7-17)13-2-4-14(18)5-3-13/h2-5,11-12H,6-10H2,1H3,(H,20,21). The van der Waals surface area contributed by atoms with E-state index in [4.69, 9.17) is 11.6 Å². The van der Waals surface area contributed by atoms with Crippen LogP contribution in [0.3, 0.4) is 0 Å². The molecule has 0 bridgehead atoms. The molecule has 1 aromatic rings. The van der Waals surface area contributed by atoms with Crippen LogP contribution in [-0.2, 0) is 15.0 Å². The lowest BCUT2D eigenvalue weighted by Crippen LogP contribution is -2.49. The molecule has 2 atom stereocenters. The predicted molar refractivity (Wildman–Crippen MR) is 83.9 cm³/mol. The summed E-state index contributed by atoms with van der Waals surface area (Å²) in [5.41, 5.74) is 0.539. The second-order valence-corrected chi connectivity index (χ2v) is 7.11. The monoisotopic (exact) mass is 321 g/mol. The number of amides is 1. The van der Waals surface area contributed by atoms with Gasteiger partial charge in [0.1, 0.15) is 0 Å². The molecule has 1 aliphatic carbocycles. The zero-order valence-corrected chi connectivity index (χ0v) is 13.3. The first-order chi connectivity index (χ1) is 10.4. The molecule has 2 unspecified atom stereocenters. The minimum Gasteiger partial charge on any atom is -0.481 e. The zero-order valence-electron chi connectivity index (χ0n) is 12.6. The third kappa shape index (κ3) is 2.72. The summed E-state index contributed by atoms with van der Waals surface area (Å²) < 4.78 is 0. The number of hydrogen-bond acceptors (Lipinski definition) is 2. The molecule has 1 heterocycles. The topological polar surface area (TPSA) is 57.6 Å². The van der Waals surface area contributed by atoms with Gasteiger partial charge in [-0.2, -0.15) is 0 Å². The summed E-state index contributed by atoms with van der Waals surface area (Å²) in [6.45, 7) is 2.99. The molecule has 22 heavy (non-hydrogen) atoms. The lowest BCUT2D eigenvalue weighted by molar-refractivity contribution is -0.147. The smallest absolute Gasteiger partial charge is 0.308 e. The molecule has 1 saturated carbocycles. The highest BCUT2D eigenvalue weighted by Gasteiger charge is 2.53. The van der Waals surface area contributed by atoms with E-state index in [0.717, 1.165) is 18.4 Å². The van der Waals surface area contributed by atoms with Crippen molar-refractivity contribution >= 4 is 23.5 Å². The van der Waals surface area contributed by atoms with Gasteiger partial charge < -0.3 is 10.0 Å². The molecule has 0 radical (unpaired) electrons. The highest BCUT2D eigenvalue weighted by atomic mass is 35.5. The first-order valence-electron chi connectivity index (χ1n) is 7.70. The van der Waals surface area contributed by atoms with Crippen molar-refractivity contribution in [3.63, 3.8) is 0 Å². The predicted octanol–water partition coefficient (Wildman–Crippen LogP) is 2.94. The minimum absolute atomic E-state index is 0.0765. The molecule has 1 N–H and O–H groups in total. The summed E-state index contributed by atoms with van der Waals surface area (Å²) >= 11 is 5.92. The lowest BCUT2D eigenvalue weighted by atomic mass is 9.87. The van der Waals surface area contributed by atoms with Crippen molar-refractivity contribution in [2.75, 3.05) is 13.1 Å². The SMILES string of the molecule is CC1CC(C(=O)O)CN(C(=O)C2(c3ccc(Cl)cc3)CC2)C1. The van der Waals surface area contributed by atoms with Crippen molar-refractivity contribution in [2.24, 2.45) is 11.8 Å². The molecule has 5 heteroatoms. The van der Waals surface area contributed by atoms with E-state index in [1.807, 2.05) is 31.2 Å². The quantitative estimate of drug-likeness (QED) is 0.931. The van der Waals surface area contributed by atoms with Gasteiger partial charge in [0.25, 0.3) is 0 Å². The number of nitrogens with zero attached hydrogens (tertiary/aromatic N) is 1. The molecule has 1 saturated heterocycles. The van der Waals surface area contributed by atoms with Crippen molar-refractivity contribution in [2.45, 2.75) is 31.6 Å². The summed E-state index contributed by atoms with van der Waals surface area (Å²) in [5, 5.41) is 9.93. The van der Waals surface area contributed by atoms with Gasteiger partial charge in [0.05, 0.1) is 11.3 Å². The highest BCUT2D eigenvalue weighted by molar-refractivity contribution is 6.30. The van der Waals surface area contributed by atoms with E-state index >= 15 is 0 Å². The van der Waals surface area contributed by atoms with Crippen molar-refractivity contribution in [1.82, 2.24) is 4.90 Å². The largest absolute Gasteiger partial charge is 0.481 e. The van der Waals surface area contributed by atoms with Gasteiger partial charge in [0.2, 0.25) is 5.91 Å². The van der Waals surface area contributed by atoms with Crippen LogP contribution in [0.5, 0.6) is 0 Å². The van der Waals surface area contributed by atoms with Crippen LogP contribution in [0.4, 0.5) is 0 Å². The van der Waals surface area contributed by atoms with Crippen molar-refractivity contribution in [3.05, 3.63) is 34.9 Å². The number of carbonyl (C=O) groups excluding carboxylic acids is 1. The summed E-state index contributed by atoms with van der Waals surface area (Å²) in [7, 11) is 0. The third-order valence-corrected chi connectivity index (χ3v) is 5.10. The van der Waals surface area contributed by atoms with Gasteiger partial charge in [0.15, 0.2) is 0 Å². The maximum absolute atomic E-state index is 13.0. The van der Waals surface area contributed by atoms with Crippen molar-refractivity contribution in [3.8, 4) is 0 Å². The van der Waals surface area contributed by atoms with E-state index in [2.05, 4.69) is 0 Å². The van der Waals surface area contributed by atoms with Crippen LogP contribution in [0.25, 0.3) is 0 Å². The Labute approximate surface area is 135 Å². The van der Waals surface area contributed by atoms with Crippen LogP contribution in [0.15, 0.2) is 24.3 Å². The Morgan fingerprint density at radius 3 is 2.41 bits per heavy atom. The molecule has 2 aliphatic rings. The van der Waals surface area contributed by atoms with Gasteiger partial charge in [0, 0.05) is 18.1 Å². The molecule has 3 rings (SSSR count). The normalized spacial score (nSPS) is 26.5. The third-order valence-electron chi connectivity index (χ3n) is 4.85. The Morgan fingerprint density at radius 1 is 1.23 bits per heavy atom. The van der Waals surface area contributed by atoms with Crippen molar-refractivity contribution < 1.29 is 14.7 Å². The molecule has 1 aromatic carbocycles. The summed E-state index contributed by atoms with van der Waals surface area (Å²) in [5.74, 6) is -0.957. The number of carbonyl (C=O) groups is 2. The number of aliphatic carboxylic acids is 1. The maximum Gasteiger partial charge on any atom is 0.308 e. The summed E-state index contributed by atoms with van der Waals surface area (Å²) in [4.78, 5) is 26.0. The van der Waals surface area contributed by atoms with E-state index < -0.39 is 17.3 Å². The second kappa shape index (κ2) is 5.58. The van der Waals surface area contributed by atoms with Crippen LogP contribution in [0, 0.1) is 11.8 Å². The Hall–Kier alpha value is -1.55. The molecule has 0 spiro atoms. The van der Waals surface area contributed by atoms with Gasteiger partial charge in [-0.3, -0.25) is 9.59 Å². The van der Waals surface area contributed by atoms with Crippen LogP contribution in [-0.4, -0.2) is 35.0 Å². The summed E-state index contributed by atoms with van der Waals surface area (Å²) in [6.07, 6.45) is 2.30. The molecule has 1 amide bonds. The fourth-order valence-corrected chi connectivity index (χ4v) is 3.64. The van der Waals surface area contributed by atoms with Crippen LogP contribution >= 0.6 is 11.6 Å². The summed E-state index contributed by atoms with van der Waals surface area (Å²) in [6, 6.07) is 7.44. The Kier molecular flexibility index (Phi) is 3.89. The van der Waals surface area contributed by atoms with Gasteiger partial charge in [-0.05, 0) is 42.9 Å². The highest BCUT2D eigenvalue weighted by Crippen LogP contribution is 2.50. The van der Waals surface area contributed by atoms with E-state index in [0.29, 0.717) is 24.5 Å². The number of halogens is 1. The number of carboxylic acids is 1. The van der Waals surface area contributed by atoms with Crippen molar-refractivity contribution in [1.29, 1.82) is 0 Å². The van der Waals surface area contributed by atoms with Crippen LogP contribution in [0.1, 0.15) is 31.7 Å². The molecule has 118 valence electrons. The number of hydrogen-bond donors (Lipinski definition) is 1. The van der Waals surface area contributed by atoms with Gasteiger partial charge in [-0.1, -0.05) is 30.7 Å². The number of rotatable bonds is 3. The zero-order chi connectivity index (χ0) is 15.9. The van der Waals surface area contributed by atoms with E-state index in [9.17, 15) is 14.7 Å². The number of piperidine rings is 1. The molecular weight excluding hydrogens is 302 g/mol. The molecule has 0 aromatic heterocycles. The number of benzene rings is 1. The van der Waals surface area contributed by atoms with Crippen LogP contribution < -0.4 is 0 Å². The first-order valence-corrected chi connectivity index (χ1v) is 8.08. The Balaban J connectivity index is 1.81. The minimum atomic E-state index is -0.805. The average Bonchev–Trinajstić information content (AvgIpc) is 3.28. The van der Waals surface area contributed by atoms with Crippen LogP contribution in [0.2, 0.25) is 5.02 Å². The first kappa shape index (κ1) is 15.3. The molecular formula is C17H20ClNO3. The molecule has 2 fully saturated rings. The maximum atomic E-state index is 13.0. The fourth-order valence-electron chi connectivity index (χ4n) is 3.52. The Morgan fingerprint density at radius 2 is 1.86 bits per heavy atom. The van der Waals surface area contributed by atoms with Gasteiger partial charge >= 0.3 is 5.97 Å². The van der Waals surface area contributed by atoms with E-state index in [1.54, 1.807) is 4.90 Å².